The molecule has 2 atom stereocenters. The molecule has 0 aliphatic rings. The maximum absolute atomic E-state index is 13.3. The Balaban J connectivity index is 2.18. The van der Waals surface area contributed by atoms with E-state index in [1.807, 2.05) is 32.0 Å². The molecule has 0 aromatic heterocycles. The monoisotopic (exact) mass is 520 g/mol. The van der Waals surface area contributed by atoms with Gasteiger partial charge in [0.25, 0.3) is 5.91 Å². The van der Waals surface area contributed by atoms with Crippen LogP contribution in [0.4, 0.5) is 4.39 Å². The van der Waals surface area contributed by atoms with Gasteiger partial charge in [-0.05, 0) is 77.0 Å². The van der Waals surface area contributed by atoms with Gasteiger partial charge in [0.2, 0.25) is 5.91 Å². The third-order valence-electron chi connectivity index (χ3n) is 5.58. The number of carbonyl (C=O) groups excluding carboxylic acids is 2. The average Bonchev–Trinajstić information content (AvgIpc) is 2.76. The third-order valence-corrected chi connectivity index (χ3v) is 6.20. The largest absolute Gasteiger partial charge is 0.483 e. The topological polar surface area (TPSA) is 58.6 Å². The number of carbonyl (C=O) groups is 2. The van der Waals surface area contributed by atoms with Gasteiger partial charge in [0.1, 0.15) is 17.6 Å². The Hall–Kier alpha value is -2.41. The molecule has 0 saturated heterocycles. The molecule has 5 nitrogen and oxygen atoms in total. The van der Waals surface area contributed by atoms with Crippen molar-refractivity contribution >= 4 is 27.7 Å². The van der Waals surface area contributed by atoms with Crippen LogP contribution in [0.1, 0.15) is 59.1 Å². The third kappa shape index (κ3) is 7.84. The summed E-state index contributed by atoms with van der Waals surface area (Å²) in [5.74, 6) is -0.380. The molecule has 0 radical (unpaired) electrons. The summed E-state index contributed by atoms with van der Waals surface area (Å²) in [6.45, 7) is 11.9. The van der Waals surface area contributed by atoms with Crippen LogP contribution >= 0.6 is 15.9 Å². The van der Waals surface area contributed by atoms with Crippen LogP contribution < -0.4 is 10.1 Å². The van der Waals surface area contributed by atoms with Crippen LogP contribution in [0.2, 0.25) is 0 Å². The zero-order chi connectivity index (χ0) is 24.8. The lowest BCUT2D eigenvalue weighted by atomic mass is 9.87. The fourth-order valence-electron chi connectivity index (χ4n) is 3.14. The first-order valence-electron chi connectivity index (χ1n) is 11.2. The Morgan fingerprint density at radius 3 is 2.30 bits per heavy atom. The number of hydrogen-bond acceptors (Lipinski definition) is 3. The highest BCUT2D eigenvalue weighted by Crippen LogP contribution is 2.31. The van der Waals surface area contributed by atoms with E-state index in [0.717, 1.165) is 22.0 Å². The molecule has 0 saturated carbocycles. The van der Waals surface area contributed by atoms with Crippen LogP contribution in [0.25, 0.3) is 0 Å². The number of halogens is 2. The van der Waals surface area contributed by atoms with E-state index in [1.165, 1.54) is 17.0 Å². The molecular weight excluding hydrogens is 487 g/mol. The molecule has 2 amide bonds. The SMILES string of the molecule is CC[C@H](C)NC(=O)[C@@H](C)N(Cc1ccc(F)cc1)C(=O)COc1ccc(C(C)(C)C)cc1Br. The van der Waals surface area contributed by atoms with Gasteiger partial charge in [0.15, 0.2) is 6.61 Å². The molecule has 2 aromatic carbocycles. The average molecular weight is 521 g/mol. The summed E-state index contributed by atoms with van der Waals surface area (Å²) in [7, 11) is 0. The molecule has 0 aliphatic heterocycles. The number of nitrogens with zero attached hydrogens (tertiary/aromatic N) is 1. The van der Waals surface area contributed by atoms with Crippen molar-refractivity contribution in [3.05, 3.63) is 63.9 Å². The Kier molecular flexibility index (Phi) is 9.46. The number of rotatable bonds is 9. The maximum atomic E-state index is 13.3. The highest BCUT2D eigenvalue weighted by atomic mass is 79.9. The van der Waals surface area contributed by atoms with Crippen molar-refractivity contribution in [3.8, 4) is 5.75 Å². The summed E-state index contributed by atoms with van der Waals surface area (Å²) in [4.78, 5) is 27.4. The lowest BCUT2D eigenvalue weighted by Crippen LogP contribution is -2.50. The molecule has 0 unspecified atom stereocenters. The second kappa shape index (κ2) is 11.6. The van der Waals surface area contributed by atoms with Gasteiger partial charge >= 0.3 is 0 Å². The first-order chi connectivity index (χ1) is 15.4. The molecule has 2 rings (SSSR count). The number of amides is 2. The fraction of sp³-hybridized carbons (Fsp3) is 0.462. The van der Waals surface area contributed by atoms with Gasteiger partial charge in [-0.2, -0.15) is 0 Å². The highest BCUT2D eigenvalue weighted by molar-refractivity contribution is 9.10. The summed E-state index contributed by atoms with van der Waals surface area (Å²) in [5.41, 5.74) is 1.85. The Morgan fingerprint density at radius 1 is 1.12 bits per heavy atom. The fourth-order valence-corrected chi connectivity index (χ4v) is 3.63. The molecule has 0 heterocycles. The number of hydrogen-bond donors (Lipinski definition) is 1. The Labute approximate surface area is 204 Å². The van der Waals surface area contributed by atoms with E-state index in [-0.39, 0.29) is 42.2 Å². The van der Waals surface area contributed by atoms with E-state index in [4.69, 9.17) is 4.74 Å². The van der Waals surface area contributed by atoms with Crippen molar-refractivity contribution in [2.24, 2.45) is 0 Å². The van der Waals surface area contributed by atoms with E-state index in [2.05, 4.69) is 42.0 Å². The van der Waals surface area contributed by atoms with Gasteiger partial charge in [-0.3, -0.25) is 9.59 Å². The molecule has 180 valence electrons. The van der Waals surface area contributed by atoms with Crippen LogP contribution in [0.5, 0.6) is 5.75 Å². The van der Waals surface area contributed by atoms with Crippen LogP contribution in [-0.2, 0) is 21.5 Å². The molecule has 1 N–H and O–H groups in total. The predicted octanol–water partition coefficient (Wildman–Crippen LogP) is 5.60. The van der Waals surface area contributed by atoms with Gasteiger partial charge < -0.3 is 15.0 Å². The molecule has 7 heteroatoms. The van der Waals surface area contributed by atoms with Crippen molar-refractivity contribution in [2.75, 3.05) is 6.61 Å². The standard InChI is InChI=1S/C26H34BrFN2O3/c1-7-17(2)29-25(32)18(3)30(15-19-8-11-21(28)12-9-19)24(31)16-33-23-13-10-20(14-22(23)27)26(4,5)6/h8-14,17-18H,7,15-16H2,1-6H3,(H,29,32)/t17-,18+/m0/s1. The summed E-state index contributed by atoms with van der Waals surface area (Å²) in [6, 6.07) is 11.0. The van der Waals surface area contributed by atoms with E-state index in [9.17, 15) is 14.0 Å². The van der Waals surface area contributed by atoms with E-state index in [1.54, 1.807) is 19.1 Å². The van der Waals surface area contributed by atoms with E-state index >= 15 is 0 Å². The lowest BCUT2D eigenvalue weighted by molar-refractivity contribution is -0.142. The second-order valence-corrected chi connectivity index (χ2v) is 10.2. The van der Waals surface area contributed by atoms with Gasteiger partial charge in [-0.15, -0.1) is 0 Å². The minimum Gasteiger partial charge on any atom is -0.483 e. The van der Waals surface area contributed by atoms with Gasteiger partial charge in [0.05, 0.1) is 4.47 Å². The molecule has 0 fully saturated rings. The number of benzene rings is 2. The van der Waals surface area contributed by atoms with Crippen molar-refractivity contribution in [1.82, 2.24) is 10.2 Å². The van der Waals surface area contributed by atoms with Crippen LogP contribution in [0, 0.1) is 5.82 Å². The van der Waals surface area contributed by atoms with Gasteiger partial charge in [-0.1, -0.05) is 45.9 Å². The van der Waals surface area contributed by atoms with Crippen LogP contribution in [0.15, 0.2) is 46.9 Å². The van der Waals surface area contributed by atoms with Crippen molar-refractivity contribution < 1.29 is 18.7 Å². The summed E-state index contributed by atoms with van der Waals surface area (Å²) in [5, 5.41) is 2.92. The summed E-state index contributed by atoms with van der Waals surface area (Å²) in [6.07, 6.45) is 0.784. The molecule has 0 bridgehead atoms. The van der Waals surface area contributed by atoms with Gasteiger partial charge in [0, 0.05) is 12.6 Å². The quantitative estimate of drug-likeness (QED) is 0.468. The van der Waals surface area contributed by atoms with E-state index in [0.29, 0.717) is 5.75 Å². The van der Waals surface area contributed by atoms with Crippen LogP contribution in [0.3, 0.4) is 0 Å². The van der Waals surface area contributed by atoms with Crippen molar-refractivity contribution in [2.45, 2.75) is 72.0 Å². The zero-order valence-corrected chi connectivity index (χ0v) is 21.8. The summed E-state index contributed by atoms with van der Waals surface area (Å²) < 4.78 is 19.9. The Bertz CT molecular complexity index is 957. The zero-order valence-electron chi connectivity index (χ0n) is 20.2. The molecule has 33 heavy (non-hydrogen) atoms. The normalized spacial score (nSPS) is 13.2. The summed E-state index contributed by atoms with van der Waals surface area (Å²) >= 11 is 3.52. The lowest BCUT2D eigenvalue weighted by Gasteiger charge is -2.29. The molecule has 0 aliphatic carbocycles. The van der Waals surface area contributed by atoms with Crippen molar-refractivity contribution in [1.29, 1.82) is 0 Å². The predicted molar refractivity (Wildman–Crippen MR) is 133 cm³/mol. The van der Waals surface area contributed by atoms with E-state index < -0.39 is 6.04 Å². The second-order valence-electron chi connectivity index (χ2n) is 9.33. The van der Waals surface area contributed by atoms with Crippen LogP contribution in [-0.4, -0.2) is 35.4 Å². The highest BCUT2D eigenvalue weighted by Gasteiger charge is 2.27. The Morgan fingerprint density at radius 2 is 1.76 bits per heavy atom. The minimum absolute atomic E-state index is 0.00346. The maximum Gasteiger partial charge on any atom is 0.261 e. The number of nitrogens with one attached hydrogen (secondary N) is 1. The number of ether oxygens (including phenoxy) is 1. The first-order valence-corrected chi connectivity index (χ1v) is 12.0. The molecule has 2 aromatic rings. The van der Waals surface area contributed by atoms with Gasteiger partial charge in [-0.25, -0.2) is 4.39 Å². The van der Waals surface area contributed by atoms with Crippen molar-refractivity contribution in [3.63, 3.8) is 0 Å². The molecule has 0 spiro atoms. The molecular formula is C26H34BrFN2O3. The smallest absolute Gasteiger partial charge is 0.261 e. The first kappa shape index (κ1) is 26.8. The minimum atomic E-state index is -0.716.